The van der Waals surface area contributed by atoms with E-state index in [1.807, 2.05) is 32.0 Å². The SMILES string of the molecule is CC1(C)OC[C@H](c2cccc(-c3ccc(Oc4ccc(C(F)(F)F)cc4C(=O)O)cc3)n2)O1. The lowest BCUT2D eigenvalue weighted by Crippen LogP contribution is -2.19. The number of carboxylic acids is 1. The highest BCUT2D eigenvalue weighted by Gasteiger charge is 2.34. The van der Waals surface area contributed by atoms with Gasteiger partial charge >= 0.3 is 12.1 Å². The number of alkyl halides is 3. The molecule has 172 valence electrons. The highest BCUT2D eigenvalue weighted by molar-refractivity contribution is 5.91. The van der Waals surface area contributed by atoms with Crippen LogP contribution in [0, 0.1) is 0 Å². The minimum Gasteiger partial charge on any atom is -0.478 e. The maximum atomic E-state index is 12.9. The van der Waals surface area contributed by atoms with Gasteiger partial charge in [0.15, 0.2) is 5.79 Å². The highest BCUT2D eigenvalue weighted by atomic mass is 19.4. The summed E-state index contributed by atoms with van der Waals surface area (Å²) in [5, 5.41) is 9.30. The van der Waals surface area contributed by atoms with Gasteiger partial charge in [0.1, 0.15) is 23.2 Å². The van der Waals surface area contributed by atoms with Crippen LogP contribution in [-0.2, 0) is 15.7 Å². The molecule has 0 bridgehead atoms. The van der Waals surface area contributed by atoms with Gasteiger partial charge in [-0.1, -0.05) is 6.07 Å². The van der Waals surface area contributed by atoms with E-state index in [2.05, 4.69) is 4.98 Å². The Morgan fingerprint density at radius 2 is 1.85 bits per heavy atom. The monoisotopic (exact) mass is 459 g/mol. The molecule has 1 saturated heterocycles. The van der Waals surface area contributed by atoms with Gasteiger partial charge in [-0.15, -0.1) is 0 Å². The standard InChI is InChI=1S/C24H20F3NO5/c1-23(2)31-13-21(33-23)19-5-3-4-18(28-19)14-6-9-16(10-7-14)32-20-11-8-15(24(25,26)27)12-17(20)22(29)30/h3-12,21H,13H2,1-2H3,(H,29,30)/t21-/m1/s1. The summed E-state index contributed by atoms with van der Waals surface area (Å²) in [6.07, 6.45) is -4.94. The third-order valence-electron chi connectivity index (χ3n) is 5.02. The maximum Gasteiger partial charge on any atom is 0.416 e. The molecule has 0 radical (unpaired) electrons. The quantitative estimate of drug-likeness (QED) is 0.498. The van der Waals surface area contributed by atoms with Gasteiger partial charge in [-0.05, 0) is 68.4 Å². The van der Waals surface area contributed by atoms with Gasteiger partial charge < -0.3 is 19.3 Å². The van der Waals surface area contributed by atoms with E-state index in [-0.39, 0.29) is 17.6 Å². The number of carbonyl (C=O) groups is 1. The lowest BCUT2D eigenvalue weighted by Gasteiger charge is -2.17. The maximum absolute atomic E-state index is 12.9. The molecule has 1 atom stereocenters. The summed E-state index contributed by atoms with van der Waals surface area (Å²) in [5.41, 5.74) is 0.550. The Balaban J connectivity index is 1.54. The first kappa shape index (κ1) is 22.8. The molecule has 33 heavy (non-hydrogen) atoms. The molecule has 1 N–H and O–H groups in total. The fourth-order valence-corrected chi connectivity index (χ4v) is 3.41. The zero-order valence-corrected chi connectivity index (χ0v) is 17.7. The number of ether oxygens (including phenoxy) is 3. The summed E-state index contributed by atoms with van der Waals surface area (Å²) in [7, 11) is 0. The lowest BCUT2D eigenvalue weighted by molar-refractivity contribution is -0.139. The predicted molar refractivity (Wildman–Crippen MR) is 112 cm³/mol. The van der Waals surface area contributed by atoms with Crippen LogP contribution in [0.2, 0.25) is 0 Å². The van der Waals surface area contributed by atoms with Gasteiger partial charge in [0.2, 0.25) is 0 Å². The number of pyridine rings is 1. The van der Waals surface area contributed by atoms with Gasteiger partial charge in [-0.2, -0.15) is 13.2 Å². The van der Waals surface area contributed by atoms with Crippen molar-refractivity contribution in [3.63, 3.8) is 0 Å². The molecule has 1 fully saturated rings. The summed E-state index contributed by atoms with van der Waals surface area (Å²) < 4.78 is 55.7. The van der Waals surface area contributed by atoms with Crippen LogP contribution < -0.4 is 4.74 Å². The largest absolute Gasteiger partial charge is 0.478 e. The average molecular weight is 459 g/mol. The van der Waals surface area contributed by atoms with Gasteiger partial charge in [-0.3, -0.25) is 0 Å². The highest BCUT2D eigenvalue weighted by Crippen LogP contribution is 2.35. The summed E-state index contributed by atoms with van der Waals surface area (Å²) in [4.78, 5) is 16.1. The molecule has 0 aliphatic carbocycles. The first-order chi connectivity index (χ1) is 15.5. The number of hydrogen-bond donors (Lipinski definition) is 1. The van der Waals surface area contributed by atoms with Gasteiger partial charge in [0, 0.05) is 5.56 Å². The van der Waals surface area contributed by atoms with Crippen LogP contribution in [0.1, 0.15) is 41.6 Å². The molecule has 0 saturated carbocycles. The van der Waals surface area contributed by atoms with E-state index >= 15 is 0 Å². The van der Waals surface area contributed by atoms with E-state index in [9.17, 15) is 23.1 Å². The number of aromatic carboxylic acids is 1. The molecule has 0 spiro atoms. The molecule has 6 nitrogen and oxygen atoms in total. The van der Waals surface area contributed by atoms with Crippen molar-refractivity contribution in [3.8, 4) is 22.8 Å². The molecule has 9 heteroatoms. The van der Waals surface area contributed by atoms with E-state index in [0.717, 1.165) is 23.4 Å². The molecule has 1 aromatic heterocycles. The second-order valence-corrected chi connectivity index (χ2v) is 7.91. The van der Waals surface area contributed by atoms with Crippen LogP contribution in [0.4, 0.5) is 13.2 Å². The van der Waals surface area contributed by atoms with Crippen molar-refractivity contribution >= 4 is 5.97 Å². The first-order valence-corrected chi connectivity index (χ1v) is 10.0. The number of halogens is 3. The smallest absolute Gasteiger partial charge is 0.416 e. The van der Waals surface area contributed by atoms with Crippen LogP contribution in [0.3, 0.4) is 0 Å². The average Bonchev–Trinajstić information content (AvgIpc) is 3.13. The van der Waals surface area contributed by atoms with E-state index in [1.54, 1.807) is 24.3 Å². The van der Waals surface area contributed by atoms with E-state index in [1.165, 1.54) is 0 Å². The van der Waals surface area contributed by atoms with Crippen LogP contribution in [0.15, 0.2) is 60.7 Å². The zero-order valence-electron chi connectivity index (χ0n) is 17.7. The third kappa shape index (κ3) is 5.15. The van der Waals surface area contributed by atoms with E-state index in [4.69, 9.17) is 14.2 Å². The fraction of sp³-hybridized carbons (Fsp3) is 0.250. The normalized spacial score (nSPS) is 17.7. The number of benzene rings is 2. The third-order valence-corrected chi connectivity index (χ3v) is 5.02. The number of carboxylic acid groups (broad SMARTS) is 1. The molecule has 2 aromatic carbocycles. The second kappa shape index (κ2) is 8.49. The Bertz CT molecular complexity index is 1180. The molecular weight excluding hydrogens is 439 g/mol. The summed E-state index contributed by atoms with van der Waals surface area (Å²) in [6, 6.07) is 14.5. The topological polar surface area (TPSA) is 77.9 Å². The number of aromatic nitrogens is 1. The van der Waals surface area contributed by atoms with E-state index < -0.39 is 29.1 Å². The second-order valence-electron chi connectivity index (χ2n) is 7.91. The Hall–Kier alpha value is -3.43. The fourth-order valence-electron chi connectivity index (χ4n) is 3.41. The van der Waals surface area contributed by atoms with Crippen LogP contribution in [0.5, 0.6) is 11.5 Å². The Morgan fingerprint density at radius 1 is 1.12 bits per heavy atom. The van der Waals surface area contributed by atoms with Gasteiger partial charge in [0.25, 0.3) is 0 Å². The van der Waals surface area contributed by atoms with Crippen molar-refractivity contribution in [2.45, 2.75) is 31.9 Å². The van der Waals surface area contributed by atoms with Crippen molar-refractivity contribution in [1.29, 1.82) is 0 Å². The summed E-state index contributed by atoms with van der Waals surface area (Å²) in [6.45, 7) is 4.07. The van der Waals surface area contributed by atoms with Crippen LogP contribution in [0.25, 0.3) is 11.3 Å². The molecule has 4 rings (SSSR count). The van der Waals surface area contributed by atoms with Crippen molar-refractivity contribution in [1.82, 2.24) is 4.98 Å². The molecule has 1 aliphatic heterocycles. The Kier molecular flexibility index (Phi) is 5.85. The zero-order chi connectivity index (χ0) is 23.8. The van der Waals surface area contributed by atoms with Crippen LogP contribution in [-0.4, -0.2) is 28.5 Å². The van der Waals surface area contributed by atoms with Crippen LogP contribution >= 0.6 is 0 Å². The molecule has 1 aliphatic rings. The van der Waals surface area contributed by atoms with Crippen molar-refractivity contribution in [3.05, 3.63) is 77.5 Å². The van der Waals surface area contributed by atoms with Gasteiger partial charge in [-0.25, -0.2) is 9.78 Å². The Morgan fingerprint density at radius 3 is 2.45 bits per heavy atom. The Labute approximate surface area is 187 Å². The molecule has 0 amide bonds. The summed E-state index contributed by atoms with van der Waals surface area (Å²) >= 11 is 0. The first-order valence-electron chi connectivity index (χ1n) is 10.0. The van der Waals surface area contributed by atoms with Crippen molar-refractivity contribution in [2.75, 3.05) is 6.61 Å². The minimum absolute atomic E-state index is 0.190. The predicted octanol–water partition coefficient (Wildman–Crippen LogP) is 6.08. The molecular formula is C24H20F3NO5. The lowest BCUT2D eigenvalue weighted by atomic mass is 10.1. The number of hydrogen-bond acceptors (Lipinski definition) is 5. The minimum atomic E-state index is -4.66. The van der Waals surface area contributed by atoms with E-state index in [0.29, 0.717) is 18.4 Å². The van der Waals surface area contributed by atoms with Crippen molar-refractivity contribution < 1.29 is 37.3 Å². The molecule has 2 heterocycles. The molecule has 0 unspecified atom stereocenters. The molecule has 3 aromatic rings. The van der Waals surface area contributed by atoms with Crippen molar-refractivity contribution in [2.24, 2.45) is 0 Å². The number of rotatable bonds is 5. The number of nitrogens with zero attached hydrogens (tertiary/aromatic N) is 1. The summed E-state index contributed by atoms with van der Waals surface area (Å²) in [5.74, 6) is -2.11. The van der Waals surface area contributed by atoms with Gasteiger partial charge in [0.05, 0.1) is 23.6 Å².